The molecule has 25 heavy (non-hydrogen) atoms. The zero-order valence-electron chi connectivity index (χ0n) is 16.4. The van der Waals surface area contributed by atoms with Crippen LogP contribution < -0.4 is 4.90 Å². The normalized spacial score (nSPS) is 34.3. The van der Waals surface area contributed by atoms with E-state index >= 15 is 0 Å². The number of nitrogens with zero attached hydrogens (tertiary/aromatic N) is 2. The van der Waals surface area contributed by atoms with E-state index in [1.807, 2.05) is 0 Å². The summed E-state index contributed by atoms with van der Waals surface area (Å²) in [6, 6.07) is 5.10. The first-order valence-electron chi connectivity index (χ1n) is 10.2. The van der Waals surface area contributed by atoms with Crippen LogP contribution in [0.5, 0.6) is 5.75 Å². The summed E-state index contributed by atoms with van der Waals surface area (Å²) in [6.45, 7) is 6.91. The number of phenols is 1. The van der Waals surface area contributed by atoms with E-state index in [9.17, 15) is 5.11 Å². The molecule has 3 aliphatic rings. The Kier molecular flexibility index (Phi) is 4.06. The molecule has 1 aromatic rings. The highest BCUT2D eigenvalue weighted by Crippen LogP contribution is 2.63. The Balaban J connectivity index is 1.86. The van der Waals surface area contributed by atoms with E-state index in [-0.39, 0.29) is 5.41 Å². The highest BCUT2D eigenvalue weighted by molar-refractivity contribution is 5.63. The molecule has 3 atom stereocenters. The van der Waals surface area contributed by atoms with E-state index in [0.717, 1.165) is 25.1 Å². The van der Waals surface area contributed by atoms with Crippen molar-refractivity contribution in [3.05, 3.63) is 23.3 Å². The van der Waals surface area contributed by atoms with E-state index in [4.69, 9.17) is 0 Å². The topological polar surface area (TPSA) is 26.7 Å². The minimum Gasteiger partial charge on any atom is -0.506 e. The number of hydrogen-bond acceptors (Lipinski definition) is 3. The molecule has 0 aromatic heterocycles. The molecular weight excluding hydrogens is 308 g/mol. The van der Waals surface area contributed by atoms with Gasteiger partial charge in [0.2, 0.25) is 0 Å². The number of fused-ring (bicyclic) bond motifs is 1. The lowest BCUT2D eigenvalue weighted by atomic mass is 9.45. The van der Waals surface area contributed by atoms with Crippen LogP contribution in [0.1, 0.15) is 63.5 Å². The third kappa shape index (κ3) is 2.27. The molecule has 0 spiro atoms. The summed E-state index contributed by atoms with van der Waals surface area (Å²) in [6.07, 6.45) is 8.81. The second-order valence-corrected chi connectivity index (χ2v) is 9.08. The molecule has 3 heteroatoms. The van der Waals surface area contributed by atoms with Gasteiger partial charge in [-0.25, -0.2) is 0 Å². The molecule has 1 aromatic carbocycles. The Morgan fingerprint density at radius 2 is 2.00 bits per heavy atom. The van der Waals surface area contributed by atoms with Crippen molar-refractivity contribution >= 4 is 5.69 Å². The number of rotatable bonds is 3. The lowest BCUT2D eigenvalue weighted by Gasteiger charge is -2.65. The van der Waals surface area contributed by atoms with Crippen LogP contribution in [-0.2, 0) is 11.8 Å². The minimum atomic E-state index is 0.273. The number of anilines is 1. The molecule has 3 nitrogen and oxygen atoms in total. The van der Waals surface area contributed by atoms with Crippen molar-refractivity contribution in [1.29, 1.82) is 0 Å². The zero-order chi connectivity index (χ0) is 17.8. The first-order valence-corrected chi connectivity index (χ1v) is 10.2. The maximum absolute atomic E-state index is 10.8. The van der Waals surface area contributed by atoms with Crippen molar-refractivity contribution < 1.29 is 5.11 Å². The SMILES string of the molecule is CCCN(C)c1cc2c(cc1O)[C@]13CCCC[C@]1(C)[C@H](C2)N(C)CC3. The predicted octanol–water partition coefficient (Wildman–Crippen LogP) is 4.32. The second kappa shape index (κ2) is 5.90. The van der Waals surface area contributed by atoms with E-state index in [2.05, 4.69) is 49.9 Å². The minimum absolute atomic E-state index is 0.273. The Morgan fingerprint density at radius 3 is 2.76 bits per heavy atom. The van der Waals surface area contributed by atoms with Gasteiger partial charge in [-0.15, -0.1) is 0 Å². The molecule has 4 rings (SSSR count). The lowest BCUT2D eigenvalue weighted by molar-refractivity contribution is -0.0735. The lowest BCUT2D eigenvalue weighted by Crippen LogP contribution is -2.66. The van der Waals surface area contributed by atoms with Crippen LogP contribution in [0.15, 0.2) is 12.1 Å². The fraction of sp³-hybridized carbons (Fsp3) is 0.727. The van der Waals surface area contributed by atoms with Crippen LogP contribution >= 0.6 is 0 Å². The van der Waals surface area contributed by atoms with Crippen LogP contribution in [0.4, 0.5) is 5.69 Å². The highest BCUT2D eigenvalue weighted by Gasteiger charge is 2.60. The third-order valence-electron chi connectivity index (χ3n) is 7.90. The molecule has 2 fully saturated rings. The molecule has 138 valence electrons. The van der Waals surface area contributed by atoms with Gasteiger partial charge in [-0.2, -0.15) is 0 Å². The molecular formula is C22H34N2O. The third-order valence-corrected chi connectivity index (χ3v) is 7.90. The van der Waals surface area contributed by atoms with Gasteiger partial charge in [-0.05, 0) is 74.4 Å². The average Bonchev–Trinajstić information content (AvgIpc) is 2.58. The van der Waals surface area contributed by atoms with E-state index < -0.39 is 0 Å². The number of aromatic hydroxyl groups is 1. The molecule has 0 amide bonds. The van der Waals surface area contributed by atoms with Crippen molar-refractivity contribution in [3.8, 4) is 5.75 Å². The predicted molar refractivity (Wildman–Crippen MR) is 105 cm³/mol. The summed E-state index contributed by atoms with van der Waals surface area (Å²) in [5.41, 5.74) is 4.61. The first-order chi connectivity index (χ1) is 11.9. The standard InChI is InChI=1S/C22H34N2O/c1-5-11-23(3)18-13-16-14-20-21(2)8-6-7-9-22(21,10-12-24(20)4)17(16)15-19(18)25/h13,15,20,25H,5-12,14H2,1-4H3/t20-,21+,22+/m0/s1. The van der Waals surface area contributed by atoms with Crippen molar-refractivity contribution in [2.45, 2.75) is 70.3 Å². The molecule has 2 aliphatic carbocycles. The van der Waals surface area contributed by atoms with E-state index in [0.29, 0.717) is 17.2 Å². The molecule has 1 N–H and O–H groups in total. The van der Waals surface area contributed by atoms with Gasteiger partial charge in [-0.1, -0.05) is 26.7 Å². The van der Waals surface area contributed by atoms with Crippen LogP contribution in [-0.4, -0.2) is 43.2 Å². The smallest absolute Gasteiger partial charge is 0.139 e. The summed E-state index contributed by atoms with van der Waals surface area (Å²) in [7, 11) is 4.42. The number of piperidine rings is 1. The van der Waals surface area contributed by atoms with Gasteiger partial charge in [0, 0.05) is 25.0 Å². The van der Waals surface area contributed by atoms with Gasteiger partial charge in [0.1, 0.15) is 5.75 Å². The van der Waals surface area contributed by atoms with Gasteiger partial charge in [0.15, 0.2) is 0 Å². The van der Waals surface area contributed by atoms with Crippen molar-refractivity contribution in [2.24, 2.45) is 5.41 Å². The molecule has 1 heterocycles. The van der Waals surface area contributed by atoms with Crippen molar-refractivity contribution in [1.82, 2.24) is 4.90 Å². The molecule has 1 aliphatic heterocycles. The summed E-state index contributed by atoms with van der Waals surface area (Å²) in [5.74, 6) is 0.481. The van der Waals surface area contributed by atoms with Crippen molar-refractivity contribution in [3.63, 3.8) is 0 Å². The van der Waals surface area contributed by atoms with Gasteiger partial charge in [-0.3, -0.25) is 0 Å². The number of hydrogen-bond donors (Lipinski definition) is 1. The molecule has 1 saturated heterocycles. The number of phenolic OH excluding ortho intramolecular Hbond substituents is 1. The fourth-order valence-electron chi connectivity index (χ4n) is 6.51. The van der Waals surface area contributed by atoms with E-state index in [1.54, 1.807) is 0 Å². The zero-order valence-corrected chi connectivity index (χ0v) is 16.4. The second-order valence-electron chi connectivity index (χ2n) is 9.08. The number of benzene rings is 1. The van der Waals surface area contributed by atoms with Crippen LogP contribution in [0.2, 0.25) is 0 Å². The molecule has 0 radical (unpaired) electrons. The van der Waals surface area contributed by atoms with Gasteiger partial charge in [0.05, 0.1) is 5.69 Å². The summed E-state index contributed by atoms with van der Waals surface area (Å²) in [4.78, 5) is 4.83. The quantitative estimate of drug-likeness (QED) is 0.886. The Bertz CT molecular complexity index is 672. The number of likely N-dealkylation sites (N-methyl/N-ethyl adjacent to an activating group) is 1. The highest BCUT2D eigenvalue weighted by atomic mass is 16.3. The maximum Gasteiger partial charge on any atom is 0.139 e. The average molecular weight is 343 g/mol. The largest absolute Gasteiger partial charge is 0.506 e. The molecule has 2 bridgehead atoms. The van der Waals surface area contributed by atoms with Gasteiger partial charge < -0.3 is 14.9 Å². The monoisotopic (exact) mass is 342 g/mol. The summed E-state index contributed by atoms with van der Waals surface area (Å²) >= 11 is 0. The summed E-state index contributed by atoms with van der Waals surface area (Å²) < 4.78 is 0. The fourth-order valence-corrected chi connectivity index (χ4v) is 6.51. The van der Waals surface area contributed by atoms with Crippen LogP contribution in [0, 0.1) is 5.41 Å². The van der Waals surface area contributed by atoms with Crippen LogP contribution in [0.3, 0.4) is 0 Å². The molecule has 0 unspecified atom stereocenters. The Hall–Kier alpha value is -1.22. The molecule has 1 saturated carbocycles. The van der Waals surface area contributed by atoms with Gasteiger partial charge in [0.25, 0.3) is 0 Å². The maximum atomic E-state index is 10.8. The van der Waals surface area contributed by atoms with E-state index in [1.165, 1.54) is 49.8 Å². The Labute approximate surface area is 153 Å². The van der Waals surface area contributed by atoms with Gasteiger partial charge >= 0.3 is 0 Å². The summed E-state index contributed by atoms with van der Waals surface area (Å²) in [5, 5.41) is 10.8. The van der Waals surface area contributed by atoms with Crippen molar-refractivity contribution in [2.75, 3.05) is 32.1 Å². The first kappa shape index (κ1) is 17.2. The Morgan fingerprint density at radius 1 is 1.24 bits per heavy atom. The number of likely N-dealkylation sites (tertiary alicyclic amines) is 1. The van der Waals surface area contributed by atoms with Crippen LogP contribution in [0.25, 0.3) is 0 Å².